The average Bonchev–Trinajstić information content (AvgIpc) is 2.93. The maximum absolute atomic E-state index is 11.8. The van der Waals surface area contributed by atoms with E-state index in [1.807, 2.05) is 27.7 Å². The minimum absolute atomic E-state index is 0.0420. The van der Waals surface area contributed by atoms with Crippen LogP contribution in [0.25, 0.3) is 0 Å². The highest BCUT2D eigenvalue weighted by molar-refractivity contribution is 6.01. The highest BCUT2D eigenvalue weighted by atomic mass is 16.7. The van der Waals surface area contributed by atoms with Crippen molar-refractivity contribution in [2.24, 2.45) is 0 Å². The smallest absolute Gasteiger partial charge is 0.333 e. The molecular formula is C20H33NO8. The Morgan fingerprint density at radius 1 is 0.897 bits per heavy atom. The molecule has 0 aliphatic carbocycles. The van der Waals surface area contributed by atoms with Gasteiger partial charge in [0.05, 0.1) is 24.4 Å². The van der Waals surface area contributed by atoms with Crippen molar-refractivity contribution < 1.29 is 38.2 Å². The Morgan fingerprint density at radius 2 is 1.45 bits per heavy atom. The van der Waals surface area contributed by atoms with Crippen molar-refractivity contribution in [2.45, 2.75) is 83.8 Å². The summed E-state index contributed by atoms with van der Waals surface area (Å²) in [5, 5.41) is 0.497. The molecule has 1 saturated heterocycles. The first-order valence-corrected chi connectivity index (χ1v) is 9.87. The number of esters is 1. The monoisotopic (exact) mass is 415 g/mol. The average molecular weight is 415 g/mol. The fraction of sp³-hybridized carbons (Fsp3) is 0.800. The summed E-state index contributed by atoms with van der Waals surface area (Å²) in [5.74, 6) is -2.21. The van der Waals surface area contributed by atoms with Gasteiger partial charge in [-0.05, 0) is 40.5 Å². The molecule has 0 atom stereocenters. The normalized spacial score (nSPS) is 15.0. The van der Waals surface area contributed by atoms with Crippen LogP contribution in [0, 0.1) is 0 Å². The number of carbonyl (C=O) groups is 4. The molecule has 0 aromatic rings. The fourth-order valence-corrected chi connectivity index (χ4v) is 2.41. The predicted octanol–water partition coefficient (Wildman–Crippen LogP) is 2.31. The maximum Gasteiger partial charge on any atom is 0.333 e. The lowest BCUT2D eigenvalue weighted by atomic mass is 10.0. The van der Waals surface area contributed by atoms with Crippen molar-refractivity contribution in [3.8, 4) is 0 Å². The fourth-order valence-electron chi connectivity index (χ4n) is 2.41. The Morgan fingerprint density at radius 3 is 2.03 bits per heavy atom. The molecule has 0 spiro atoms. The molecule has 9 heteroatoms. The second-order valence-corrected chi connectivity index (χ2v) is 8.19. The third kappa shape index (κ3) is 9.85. The van der Waals surface area contributed by atoms with Crippen LogP contribution in [-0.2, 0) is 38.2 Å². The van der Waals surface area contributed by atoms with E-state index >= 15 is 0 Å². The lowest BCUT2D eigenvalue weighted by Gasteiger charge is -2.28. The zero-order chi connectivity index (χ0) is 22.1. The molecular weight excluding hydrogens is 382 g/mol. The SMILES string of the molecule is COC(C)(C)CCOC(C)(C)CCOC(=O)CCCC(=O)ON1C(=O)CCC1=O. The quantitative estimate of drug-likeness (QED) is 0.333. The highest BCUT2D eigenvalue weighted by Crippen LogP contribution is 2.19. The summed E-state index contributed by atoms with van der Waals surface area (Å²) < 4.78 is 16.4. The molecule has 1 aliphatic heterocycles. The second kappa shape index (κ2) is 11.3. The summed E-state index contributed by atoms with van der Waals surface area (Å²) in [7, 11) is 1.66. The van der Waals surface area contributed by atoms with Gasteiger partial charge in [-0.1, -0.05) is 0 Å². The summed E-state index contributed by atoms with van der Waals surface area (Å²) in [6, 6.07) is 0. The first-order chi connectivity index (χ1) is 13.5. The summed E-state index contributed by atoms with van der Waals surface area (Å²) in [6.45, 7) is 8.57. The van der Waals surface area contributed by atoms with Crippen molar-refractivity contribution in [1.29, 1.82) is 0 Å². The van der Waals surface area contributed by atoms with Gasteiger partial charge >= 0.3 is 11.9 Å². The van der Waals surface area contributed by atoms with Crippen molar-refractivity contribution in [2.75, 3.05) is 20.3 Å². The molecule has 1 fully saturated rings. The molecule has 0 aromatic heterocycles. The van der Waals surface area contributed by atoms with Crippen LogP contribution in [0.1, 0.15) is 72.6 Å². The van der Waals surface area contributed by atoms with E-state index in [1.54, 1.807) is 7.11 Å². The lowest BCUT2D eigenvalue weighted by Crippen LogP contribution is -2.32. The minimum Gasteiger partial charge on any atom is -0.466 e. The van der Waals surface area contributed by atoms with Gasteiger partial charge in [0.15, 0.2) is 0 Å². The van der Waals surface area contributed by atoms with Crippen LogP contribution < -0.4 is 0 Å². The summed E-state index contributed by atoms with van der Waals surface area (Å²) >= 11 is 0. The van der Waals surface area contributed by atoms with Gasteiger partial charge in [-0.25, -0.2) is 4.79 Å². The summed E-state index contributed by atoms with van der Waals surface area (Å²) in [6.07, 6.45) is 1.53. The first-order valence-electron chi connectivity index (χ1n) is 9.87. The topological polar surface area (TPSA) is 108 Å². The first kappa shape index (κ1) is 25.0. The maximum atomic E-state index is 11.8. The standard InChI is InChI=1S/C20H33NO8/c1-19(2,26-5)12-14-28-20(3,4)11-13-27-17(24)7-6-8-18(25)29-21-15(22)9-10-16(21)23/h6-14H2,1-5H3. The van der Waals surface area contributed by atoms with Gasteiger partial charge in [-0.3, -0.25) is 14.4 Å². The van der Waals surface area contributed by atoms with E-state index in [9.17, 15) is 19.2 Å². The molecule has 0 N–H and O–H groups in total. The van der Waals surface area contributed by atoms with Crippen molar-refractivity contribution >= 4 is 23.8 Å². The van der Waals surface area contributed by atoms with Gasteiger partial charge in [0.2, 0.25) is 0 Å². The molecule has 0 radical (unpaired) electrons. The third-order valence-corrected chi connectivity index (χ3v) is 4.68. The Balaban J connectivity index is 2.16. The molecule has 1 aliphatic rings. The Hall–Kier alpha value is -2.00. The molecule has 166 valence electrons. The number of ether oxygens (including phenoxy) is 3. The molecule has 0 unspecified atom stereocenters. The number of nitrogens with zero attached hydrogens (tertiary/aromatic N) is 1. The number of methoxy groups -OCH3 is 1. The number of carbonyl (C=O) groups excluding carboxylic acids is 4. The molecule has 1 rings (SSSR count). The Labute approximate surface area is 171 Å². The number of amides is 2. The van der Waals surface area contributed by atoms with Crippen LogP contribution in [0.15, 0.2) is 0 Å². The highest BCUT2D eigenvalue weighted by Gasteiger charge is 2.32. The zero-order valence-corrected chi connectivity index (χ0v) is 18.1. The Kier molecular flexibility index (Phi) is 9.72. The van der Waals surface area contributed by atoms with E-state index in [-0.39, 0.29) is 44.3 Å². The van der Waals surface area contributed by atoms with Gasteiger partial charge in [0.25, 0.3) is 11.8 Å². The van der Waals surface area contributed by atoms with Crippen LogP contribution in [0.4, 0.5) is 0 Å². The van der Waals surface area contributed by atoms with E-state index in [4.69, 9.17) is 19.0 Å². The molecule has 9 nitrogen and oxygen atoms in total. The summed E-state index contributed by atoms with van der Waals surface area (Å²) in [4.78, 5) is 50.9. The van der Waals surface area contributed by atoms with Gasteiger partial charge in [0.1, 0.15) is 0 Å². The number of imide groups is 1. The Bertz CT molecular complexity index is 583. The molecule has 0 saturated carbocycles. The van der Waals surface area contributed by atoms with Crippen molar-refractivity contribution in [1.82, 2.24) is 5.06 Å². The predicted molar refractivity (Wildman–Crippen MR) is 102 cm³/mol. The van der Waals surface area contributed by atoms with Gasteiger partial charge in [-0.2, -0.15) is 0 Å². The van der Waals surface area contributed by atoms with E-state index in [0.29, 0.717) is 18.1 Å². The van der Waals surface area contributed by atoms with E-state index < -0.39 is 29.4 Å². The number of hydroxylamine groups is 2. The molecule has 2 amide bonds. The van der Waals surface area contributed by atoms with Crippen molar-refractivity contribution in [3.63, 3.8) is 0 Å². The molecule has 1 heterocycles. The zero-order valence-electron chi connectivity index (χ0n) is 18.1. The number of rotatable bonds is 13. The van der Waals surface area contributed by atoms with E-state index in [0.717, 1.165) is 6.42 Å². The van der Waals surface area contributed by atoms with Gasteiger partial charge in [-0.15, -0.1) is 5.06 Å². The number of hydrogen-bond acceptors (Lipinski definition) is 8. The second-order valence-electron chi connectivity index (χ2n) is 8.19. The van der Waals surface area contributed by atoms with Crippen LogP contribution >= 0.6 is 0 Å². The van der Waals surface area contributed by atoms with Gasteiger partial charge < -0.3 is 19.0 Å². The largest absolute Gasteiger partial charge is 0.466 e. The molecule has 0 bridgehead atoms. The van der Waals surface area contributed by atoms with Crippen LogP contribution in [0.5, 0.6) is 0 Å². The van der Waals surface area contributed by atoms with Crippen LogP contribution in [0.3, 0.4) is 0 Å². The molecule has 0 aromatic carbocycles. The van der Waals surface area contributed by atoms with Crippen LogP contribution in [0.2, 0.25) is 0 Å². The van der Waals surface area contributed by atoms with Crippen LogP contribution in [-0.4, -0.2) is 60.3 Å². The molecule has 29 heavy (non-hydrogen) atoms. The summed E-state index contributed by atoms with van der Waals surface area (Å²) in [5.41, 5.74) is -0.693. The van der Waals surface area contributed by atoms with Crippen molar-refractivity contribution in [3.05, 3.63) is 0 Å². The lowest BCUT2D eigenvalue weighted by molar-refractivity contribution is -0.197. The third-order valence-electron chi connectivity index (χ3n) is 4.68. The minimum atomic E-state index is -0.727. The van der Waals surface area contributed by atoms with E-state index in [1.165, 1.54) is 0 Å². The number of hydrogen-bond donors (Lipinski definition) is 0. The van der Waals surface area contributed by atoms with E-state index in [2.05, 4.69) is 0 Å². The van der Waals surface area contributed by atoms with Gasteiger partial charge in [0, 0.05) is 39.2 Å².